The summed E-state index contributed by atoms with van der Waals surface area (Å²) in [6, 6.07) is 7.24. The fraction of sp³-hybridized carbons (Fsp3) is 0.556. The van der Waals surface area contributed by atoms with Crippen LogP contribution < -0.4 is 15.1 Å². The Kier molecular flexibility index (Phi) is 5.22. The van der Waals surface area contributed by atoms with Crippen molar-refractivity contribution in [2.24, 2.45) is 0 Å². The number of halogens is 1. The third-order valence-corrected chi connectivity index (χ3v) is 8.31. The van der Waals surface area contributed by atoms with Crippen LogP contribution in [0.4, 0.5) is 20.6 Å². The number of ether oxygens (including phenoxy) is 1. The quantitative estimate of drug-likeness (QED) is 0.817. The van der Waals surface area contributed by atoms with E-state index >= 15 is 0 Å². The zero-order valence-electron chi connectivity index (χ0n) is 15.5. The Balaban J connectivity index is 1.68. The molecule has 0 bridgehead atoms. The van der Waals surface area contributed by atoms with Crippen LogP contribution >= 0.6 is 0 Å². The number of rotatable bonds is 4. The monoisotopic (exact) mass is 379 g/mol. The van der Waals surface area contributed by atoms with E-state index in [2.05, 4.69) is 23.3 Å². The van der Waals surface area contributed by atoms with Crippen molar-refractivity contribution in [3.05, 3.63) is 24.0 Å². The number of nitrogens with one attached hydrogen (secondary N) is 1. The van der Waals surface area contributed by atoms with Gasteiger partial charge in [-0.05, 0) is 30.3 Å². The maximum Gasteiger partial charge on any atom is 0.414 e. The molecule has 1 atom stereocenters. The molecule has 0 saturated carbocycles. The first kappa shape index (κ1) is 18.7. The molecular formula is C18H26FN3O3Si. The van der Waals surface area contributed by atoms with Gasteiger partial charge in [0.1, 0.15) is 11.9 Å². The lowest BCUT2D eigenvalue weighted by molar-refractivity contribution is -0.119. The first-order valence-corrected chi connectivity index (χ1v) is 12.4. The van der Waals surface area contributed by atoms with Crippen LogP contribution in [0.1, 0.15) is 6.92 Å². The number of carbonyl (C=O) groups is 2. The molecule has 2 amide bonds. The second-order valence-corrected chi connectivity index (χ2v) is 13.2. The third-order valence-electron chi connectivity index (χ3n) is 5.15. The van der Waals surface area contributed by atoms with Crippen LogP contribution in [0, 0.1) is 5.82 Å². The van der Waals surface area contributed by atoms with E-state index in [4.69, 9.17) is 4.74 Å². The summed E-state index contributed by atoms with van der Waals surface area (Å²) in [5.74, 6) is -0.496. The van der Waals surface area contributed by atoms with E-state index in [9.17, 15) is 14.0 Å². The van der Waals surface area contributed by atoms with Crippen molar-refractivity contribution in [3.63, 3.8) is 0 Å². The van der Waals surface area contributed by atoms with Crippen molar-refractivity contribution >= 4 is 31.4 Å². The van der Waals surface area contributed by atoms with E-state index in [1.165, 1.54) is 17.9 Å². The molecule has 6 nitrogen and oxygen atoms in total. The Morgan fingerprint density at radius 3 is 2.65 bits per heavy atom. The minimum absolute atomic E-state index is 0.178. The molecule has 0 spiro atoms. The maximum absolute atomic E-state index is 14.7. The summed E-state index contributed by atoms with van der Waals surface area (Å²) in [5.41, 5.74) is 1.08. The molecule has 1 aromatic carbocycles. The average Bonchev–Trinajstić information content (AvgIpc) is 2.94. The van der Waals surface area contributed by atoms with Gasteiger partial charge >= 0.3 is 6.09 Å². The number of benzene rings is 1. The zero-order valence-corrected chi connectivity index (χ0v) is 16.5. The largest absolute Gasteiger partial charge is 0.442 e. The van der Waals surface area contributed by atoms with E-state index in [0.717, 1.165) is 25.2 Å². The Hall–Kier alpha value is -2.09. The van der Waals surface area contributed by atoms with Gasteiger partial charge in [-0.3, -0.25) is 9.69 Å². The molecule has 3 rings (SSSR count). The summed E-state index contributed by atoms with van der Waals surface area (Å²) >= 11 is 0. The Bertz CT molecular complexity index is 703. The van der Waals surface area contributed by atoms with Crippen molar-refractivity contribution < 1.29 is 18.7 Å². The highest BCUT2D eigenvalue weighted by atomic mass is 28.3. The second-order valence-electron chi connectivity index (χ2n) is 7.84. The molecule has 2 saturated heterocycles. The normalized spacial score (nSPS) is 22.3. The maximum atomic E-state index is 14.7. The van der Waals surface area contributed by atoms with Crippen LogP contribution in [0.3, 0.4) is 0 Å². The molecule has 1 N–H and O–H groups in total. The molecule has 2 heterocycles. The fourth-order valence-electron chi connectivity index (χ4n) is 3.37. The van der Waals surface area contributed by atoms with Gasteiger partial charge in [0, 0.05) is 20.0 Å². The topological polar surface area (TPSA) is 61.9 Å². The van der Waals surface area contributed by atoms with Crippen LogP contribution in [-0.2, 0) is 9.53 Å². The van der Waals surface area contributed by atoms with Crippen LogP contribution in [0.15, 0.2) is 18.2 Å². The molecule has 8 heteroatoms. The highest BCUT2D eigenvalue weighted by Crippen LogP contribution is 2.31. The molecule has 142 valence electrons. The van der Waals surface area contributed by atoms with Crippen molar-refractivity contribution in [3.8, 4) is 0 Å². The number of hydrogen-bond acceptors (Lipinski definition) is 4. The SMILES string of the molecule is CC(=O)NCC1CN(c2ccc(N3CC[Si](C)(C)CC3)c(F)c2)C(=O)O1. The predicted octanol–water partition coefficient (Wildman–Crippen LogP) is 2.82. The molecule has 2 fully saturated rings. The van der Waals surface area contributed by atoms with Gasteiger partial charge in [0.2, 0.25) is 5.91 Å². The molecule has 2 aliphatic rings. The number of hydrogen-bond donors (Lipinski definition) is 1. The number of carbonyl (C=O) groups excluding carboxylic acids is 2. The van der Waals surface area contributed by atoms with Gasteiger partial charge in [-0.2, -0.15) is 0 Å². The van der Waals surface area contributed by atoms with Crippen molar-refractivity contribution in [1.29, 1.82) is 0 Å². The zero-order chi connectivity index (χ0) is 18.9. The number of anilines is 2. The molecule has 0 aliphatic carbocycles. The minimum Gasteiger partial charge on any atom is -0.442 e. The Labute approximate surface area is 154 Å². The van der Waals surface area contributed by atoms with Gasteiger partial charge in [0.05, 0.1) is 32.5 Å². The standard InChI is InChI=1S/C18H26FN3O3Si/c1-13(23)20-11-15-12-22(18(24)25-15)14-4-5-17(16(19)10-14)21-6-8-26(2,3)9-7-21/h4-5,10,15H,6-9,11-12H2,1-3H3,(H,20,23). The van der Waals surface area contributed by atoms with E-state index in [0.29, 0.717) is 17.9 Å². The van der Waals surface area contributed by atoms with E-state index in [1.54, 1.807) is 12.1 Å². The number of amides is 2. The van der Waals surface area contributed by atoms with Gasteiger partial charge < -0.3 is 15.0 Å². The summed E-state index contributed by atoms with van der Waals surface area (Å²) in [6.07, 6.45) is -0.943. The van der Waals surface area contributed by atoms with E-state index in [1.807, 2.05) is 0 Å². The third kappa shape index (κ3) is 4.17. The van der Waals surface area contributed by atoms with E-state index in [-0.39, 0.29) is 18.3 Å². The average molecular weight is 380 g/mol. The summed E-state index contributed by atoms with van der Waals surface area (Å²) < 4.78 is 19.9. The highest BCUT2D eigenvalue weighted by Gasteiger charge is 2.33. The van der Waals surface area contributed by atoms with Gasteiger partial charge in [0.15, 0.2) is 0 Å². The van der Waals surface area contributed by atoms with E-state index < -0.39 is 20.3 Å². The Morgan fingerprint density at radius 2 is 2.04 bits per heavy atom. The summed E-state index contributed by atoms with van der Waals surface area (Å²) in [4.78, 5) is 26.6. The minimum atomic E-state index is -1.11. The molecule has 0 aromatic heterocycles. The number of nitrogens with zero attached hydrogens (tertiary/aromatic N) is 2. The molecule has 1 aromatic rings. The van der Waals surface area contributed by atoms with Crippen LogP contribution in [0.5, 0.6) is 0 Å². The van der Waals surface area contributed by atoms with Gasteiger partial charge in [-0.25, -0.2) is 9.18 Å². The summed E-state index contributed by atoms with van der Waals surface area (Å²) in [5, 5.41) is 2.63. The van der Waals surface area contributed by atoms with Gasteiger partial charge in [0.25, 0.3) is 0 Å². The fourth-order valence-corrected chi connectivity index (χ4v) is 5.37. The van der Waals surface area contributed by atoms with Crippen LogP contribution in [-0.4, -0.2) is 52.4 Å². The van der Waals surface area contributed by atoms with Crippen LogP contribution in [0.2, 0.25) is 25.2 Å². The first-order chi connectivity index (χ1) is 12.2. The highest BCUT2D eigenvalue weighted by molar-refractivity contribution is 6.77. The lowest BCUT2D eigenvalue weighted by Gasteiger charge is -2.37. The number of cyclic esters (lactones) is 1. The lowest BCUT2D eigenvalue weighted by Crippen LogP contribution is -2.43. The van der Waals surface area contributed by atoms with Gasteiger partial charge in [-0.1, -0.05) is 13.1 Å². The molecule has 2 aliphatic heterocycles. The predicted molar refractivity (Wildman–Crippen MR) is 102 cm³/mol. The molecular weight excluding hydrogens is 353 g/mol. The van der Waals surface area contributed by atoms with Crippen molar-refractivity contribution in [2.75, 3.05) is 36.0 Å². The molecule has 1 unspecified atom stereocenters. The molecule has 26 heavy (non-hydrogen) atoms. The first-order valence-electron chi connectivity index (χ1n) is 9.02. The summed E-state index contributed by atoms with van der Waals surface area (Å²) in [6.45, 7) is 8.49. The van der Waals surface area contributed by atoms with Crippen molar-refractivity contribution in [2.45, 2.75) is 38.2 Å². The lowest BCUT2D eigenvalue weighted by atomic mass is 10.2. The summed E-state index contributed by atoms with van der Waals surface area (Å²) in [7, 11) is -1.11. The van der Waals surface area contributed by atoms with Gasteiger partial charge in [-0.15, -0.1) is 0 Å². The van der Waals surface area contributed by atoms with Crippen LogP contribution in [0.25, 0.3) is 0 Å². The molecule has 0 radical (unpaired) electrons. The second kappa shape index (κ2) is 7.26. The van der Waals surface area contributed by atoms with Crippen molar-refractivity contribution in [1.82, 2.24) is 5.32 Å². The smallest absolute Gasteiger partial charge is 0.414 e. The Morgan fingerprint density at radius 1 is 1.35 bits per heavy atom.